The molecule has 0 amide bonds. The molecule has 0 radical (unpaired) electrons. The smallest absolute Gasteiger partial charge is 0.111 e. The zero-order valence-corrected chi connectivity index (χ0v) is 33.4. The minimum absolute atomic E-state index is 0.358. The number of benzene rings is 2. The monoisotopic (exact) mass is 711 g/mol. The summed E-state index contributed by atoms with van der Waals surface area (Å²) in [6.07, 6.45) is 52.9. The molecule has 0 bridgehead atoms. The molecule has 0 fully saturated rings. The van der Waals surface area contributed by atoms with Crippen LogP contribution in [0.5, 0.6) is 0 Å². The highest BCUT2D eigenvalue weighted by Gasteiger charge is 2.27. The molecule has 53 heavy (non-hydrogen) atoms. The predicted molar refractivity (Wildman–Crippen MR) is 233 cm³/mol. The maximum atomic E-state index is 6.98. The molecule has 2 atom stereocenters. The Labute approximate surface area is 325 Å². The molecule has 0 N–H and O–H groups in total. The molecule has 0 heterocycles. The molecule has 0 aromatic heterocycles. The van der Waals surface area contributed by atoms with Gasteiger partial charge in [0, 0.05) is 11.8 Å². The third-order valence-corrected chi connectivity index (χ3v) is 10.7. The van der Waals surface area contributed by atoms with Crippen LogP contribution in [0.3, 0.4) is 0 Å². The molecule has 4 rings (SSSR count). The Kier molecular flexibility index (Phi) is 21.2. The summed E-state index contributed by atoms with van der Waals surface area (Å²) >= 11 is 0. The molecule has 1 heteroatoms. The maximum Gasteiger partial charge on any atom is 0.111 e. The van der Waals surface area contributed by atoms with Crippen molar-refractivity contribution in [3.05, 3.63) is 155 Å². The Morgan fingerprint density at radius 2 is 0.849 bits per heavy atom. The molecule has 284 valence electrons. The Bertz CT molecular complexity index is 1390. The van der Waals surface area contributed by atoms with Gasteiger partial charge in [-0.3, -0.25) is 0 Å². The van der Waals surface area contributed by atoms with Crippen LogP contribution in [0.4, 0.5) is 0 Å². The van der Waals surface area contributed by atoms with Crippen LogP contribution in [0.25, 0.3) is 12.2 Å². The lowest BCUT2D eigenvalue weighted by Gasteiger charge is -2.30. The predicted octanol–water partition coefficient (Wildman–Crippen LogP) is 16.3. The van der Waals surface area contributed by atoms with Gasteiger partial charge < -0.3 is 4.74 Å². The van der Waals surface area contributed by atoms with Gasteiger partial charge in [0.1, 0.15) is 11.5 Å². The number of ether oxygens (including phenoxy) is 1. The van der Waals surface area contributed by atoms with Gasteiger partial charge in [0.15, 0.2) is 0 Å². The minimum Gasteiger partial charge on any atom is -0.465 e. The van der Waals surface area contributed by atoms with Crippen molar-refractivity contribution in [2.45, 2.75) is 142 Å². The molecule has 2 aliphatic carbocycles. The van der Waals surface area contributed by atoms with Gasteiger partial charge in [-0.05, 0) is 85.8 Å². The fourth-order valence-corrected chi connectivity index (χ4v) is 7.71. The molecule has 0 spiro atoms. The highest BCUT2D eigenvalue weighted by molar-refractivity contribution is 5.49. The number of unbranched alkanes of at least 4 members (excludes halogenated alkanes) is 14. The first-order valence-electron chi connectivity index (χ1n) is 21.6. The zero-order chi connectivity index (χ0) is 37.0. The van der Waals surface area contributed by atoms with Gasteiger partial charge in [0.05, 0.1) is 0 Å². The lowest BCUT2D eigenvalue weighted by atomic mass is 9.85. The molecule has 2 aliphatic rings. The molecule has 2 aromatic carbocycles. The van der Waals surface area contributed by atoms with Crippen molar-refractivity contribution in [1.29, 1.82) is 0 Å². The Balaban J connectivity index is 1.16. The normalized spacial score (nSPS) is 18.8. The summed E-state index contributed by atoms with van der Waals surface area (Å²) in [4.78, 5) is 0. The standard InChI is InChI=1S/C52H70O/c1-3-31-47-39-29-43-51(49(47)41-27-17-13-9-5-7-11-15-21-33-45-35-23-19-24-36-45)53-52-44-30-40-48(32-4-2)50(52)42-28-18-14-10-6-8-12-16-22-34-46-37-25-20-26-38-46/h19-26,29-40,43-44,49-50H,3-18,27-28,41-42H2,1-2H3. The largest absolute Gasteiger partial charge is 0.465 e. The molecular formula is C52H70O. The van der Waals surface area contributed by atoms with E-state index in [1.807, 2.05) is 0 Å². The summed E-state index contributed by atoms with van der Waals surface area (Å²) in [7, 11) is 0. The van der Waals surface area contributed by atoms with Gasteiger partial charge in [-0.2, -0.15) is 0 Å². The molecule has 2 aromatic rings. The Morgan fingerprint density at radius 3 is 1.25 bits per heavy atom. The minimum atomic E-state index is 0.358. The quantitative estimate of drug-likeness (QED) is 0.0883. The number of hydrogen-bond donors (Lipinski definition) is 0. The average molecular weight is 711 g/mol. The molecule has 2 unspecified atom stereocenters. The van der Waals surface area contributed by atoms with Crippen LogP contribution in [0.1, 0.15) is 153 Å². The number of hydrogen-bond acceptors (Lipinski definition) is 1. The van der Waals surface area contributed by atoms with Gasteiger partial charge in [-0.15, -0.1) is 0 Å². The van der Waals surface area contributed by atoms with E-state index in [0.29, 0.717) is 11.8 Å². The van der Waals surface area contributed by atoms with E-state index in [1.165, 1.54) is 138 Å². The molecule has 0 aliphatic heterocycles. The Hall–Kier alpha value is -3.84. The maximum absolute atomic E-state index is 6.98. The van der Waals surface area contributed by atoms with Crippen molar-refractivity contribution >= 4 is 12.2 Å². The number of rotatable bonds is 26. The topological polar surface area (TPSA) is 9.23 Å². The van der Waals surface area contributed by atoms with E-state index in [1.54, 1.807) is 0 Å². The zero-order valence-electron chi connectivity index (χ0n) is 33.4. The van der Waals surface area contributed by atoms with Crippen molar-refractivity contribution in [3.63, 3.8) is 0 Å². The lowest BCUT2D eigenvalue weighted by molar-refractivity contribution is 0.223. The van der Waals surface area contributed by atoms with E-state index < -0.39 is 0 Å². The third kappa shape index (κ3) is 16.8. The third-order valence-electron chi connectivity index (χ3n) is 10.7. The van der Waals surface area contributed by atoms with Crippen molar-refractivity contribution in [2.24, 2.45) is 11.8 Å². The highest BCUT2D eigenvalue weighted by Crippen LogP contribution is 2.38. The summed E-state index contributed by atoms with van der Waals surface area (Å²) in [5.74, 6) is 3.01. The van der Waals surface area contributed by atoms with Crippen LogP contribution in [0.15, 0.2) is 144 Å². The van der Waals surface area contributed by atoms with Crippen LogP contribution < -0.4 is 0 Å². The first kappa shape index (κ1) is 41.9. The van der Waals surface area contributed by atoms with Gasteiger partial charge in [-0.25, -0.2) is 0 Å². The second-order valence-corrected chi connectivity index (χ2v) is 15.0. The SMILES string of the molecule is CCC=C1C=CC=C(OC2=CC=CC(=CCC)C2CCCCCCCCCC=Cc2ccccc2)C1CCCCCCCCCC=Cc1ccccc1. The van der Waals surface area contributed by atoms with Crippen molar-refractivity contribution in [3.8, 4) is 0 Å². The molecule has 1 nitrogen and oxygen atoms in total. The fourth-order valence-electron chi connectivity index (χ4n) is 7.71. The van der Waals surface area contributed by atoms with Crippen molar-refractivity contribution in [1.82, 2.24) is 0 Å². The van der Waals surface area contributed by atoms with Crippen LogP contribution in [0, 0.1) is 11.8 Å². The van der Waals surface area contributed by atoms with Crippen LogP contribution in [0.2, 0.25) is 0 Å². The van der Waals surface area contributed by atoms with Crippen molar-refractivity contribution < 1.29 is 4.74 Å². The number of allylic oxidation sites excluding steroid dienone is 12. The van der Waals surface area contributed by atoms with Gasteiger partial charge >= 0.3 is 0 Å². The summed E-state index contributed by atoms with van der Waals surface area (Å²) in [6.45, 7) is 4.51. The van der Waals surface area contributed by atoms with Crippen LogP contribution >= 0.6 is 0 Å². The summed E-state index contributed by atoms with van der Waals surface area (Å²) in [6, 6.07) is 21.3. The van der Waals surface area contributed by atoms with E-state index in [9.17, 15) is 0 Å². The fraction of sp³-hybridized carbons (Fsp3) is 0.462. The second-order valence-electron chi connectivity index (χ2n) is 15.0. The summed E-state index contributed by atoms with van der Waals surface area (Å²) in [5.41, 5.74) is 5.48. The average Bonchev–Trinajstić information content (AvgIpc) is 3.18. The first-order chi connectivity index (χ1) is 26.3. The summed E-state index contributed by atoms with van der Waals surface area (Å²) in [5, 5.41) is 0. The highest BCUT2D eigenvalue weighted by atomic mass is 16.5. The second kappa shape index (κ2) is 26.9. The van der Waals surface area contributed by atoms with Gasteiger partial charge in [0.2, 0.25) is 0 Å². The van der Waals surface area contributed by atoms with Gasteiger partial charge in [-0.1, -0.05) is 212 Å². The van der Waals surface area contributed by atoms with Gasteiger partial charge in [0.25, 0.3) is 0 Å². The van der Waals surface area contributed by atoms with E-state index in [2.05, 4.69) is 147 Å². The van der Waals surface area contributed by atoms with E-state index in [0.717, 1.165) is 24.4 Å². The lowest BCUT2D eigenvalue weighted by Crippen LogP contribution is -2.17. The molecule has 0 saturated heterocycles. The van der Waals surface area contributed by atoms with Crippen LogP contribution in [-0.4, -0.2) is 0 Å². The van der Waals surface area contributed by atoms with E-state index in [4.69, 9.17) is 4.74 Å². The van der Waals surface area contributed by atoms with E-state index >= 15 is 0 Å². The Morgan fingerprint density at radius 1 is 0.472 bits per heavy atom. The molecule has 0 saturated carbocycles. The molecular weight excluding hydrogens is 641 g/mol. The summed E-state index contributed by atoms with van der Waals surface area (Å²) < 4.78 is 6.98. The first-order valence-corrected chi connectivity index (χ1v) is 21.6. The van der Waals surface area contributed by atoms with Crippen molar-refractivity contribution in [2.75, 3.05) is 0 Å². The van der Waals surface area contributed by atoms with E-state index in [-0.39, 0.29) is 0 Å². The van der Waals surface area contributed by atoms with Crippen LogP contribution in [-0.2, 0) is 4.74 Å².